The predicted octanol–water partition coefficient (Wildman–Crippen LogP) is 6.41. The maximum absolute atomic E-state index is 10.1. The SMILES string of the molecule is CCCCCCCCCCCCN(Cc1ccccn1)[C@H](CO)Cc1ccccc1. The van der Waals surface area contributed by atoms with Crippen molar-refractivity contribution in [1.29, 1.82) is 0 Å². The predicted molar refractivity (Wildman–Crippen MR) is 128 cm³/mol. The standard InChI is InChI=1S/C27H42N2O/c1-2-3-4-5-6-7-8-9-10-16-21-29(23-26-19-14-15-20-28-26)27(24-30)22-25-17-12-11-13-18-25/h11-15,17-20,27,30H,2-10,16,21-24H2,1H3/t27-/m0/s1. The zero-order valence-electron chi connectivity index (χ0n) is 19.0. The Hall–Kier alpha value is -1.71. The van der Waals surface area contributed by atoms with Crippen LogP contribution in [0.2, 0.25) is 0 Å². The van der Waals surface area contributed by atoms with Crippen LogP contribution >= 0.6 is 0 Å². The van der Waals surface area contributed by atoms with Gasteiger partial charge in [-0.15, -0.1) is 0 Å². The number of unbranched alkanes of at least 4 members (excludes halogenated alkanes) is 9. The van der Waals surface area contributed by atoms with Gasteiger partial charge in [0.1, 0.15) is 0 Å². The molecule has 2 aromatic rings. The number of rotatable bonds is 17. The molecule has 0 aliphatic heterocycles. The van der Waals surface area contributed by atoms with Gasteiger partial charge in [-0.1, -0.05) is 101 Å². The number of aliphatic hydroxyl groups excluding tert-OH is 1. The third kappa shape index (κ3) is 10.4. The highest BCUT2D eigenvalue weighted by Gasteiger charge is 2.19. The Kier molecular flexibility index (Phi) is 13.1. The van der Waals surface area contributed by atoms with E-state index in [4.69, 9.17) is 0 Å². The van der Waals surface area contributed by atoms with Crippen LogP contribution in [-0.4, -0.2) is 34.2 Å². The fourth-order valence-electron chi connectivity index (χ4n) is 4.09. The molecule has 1 atom stereocenters. The molecular formula is C27H42N2O. The Bertz CT molecular complexity index is 632. The lowest BCUT2D eigenvalue weighted by Crippen LogP contribution is -2.40. The second kappa shape index (κ2) is 16.0. The quantitative estimate of drug-likeness (QED) is 0.306. The Morgan fingerprint density at radius 3 is 2.03 bits per heavy atom. The van der Waals surface area contributed by atoms with Crippen LogP contribution in [-0.2, 0) is 13.0 Å². The van der Waals surface area contributed by atoms with Crippen molar-refractivity contribution in [1.82, 2.24) is 9.88 Å². The number of aliphatic hydroxyl groups is 1. The number of hydrogen-bond donors (Lipinski definition) is 1. The molecule has 3 heteroatoms. The molecule has 0 saturated heterocycles. The molecule has 0 unspecified atom stereocenters. The lowest BCUT2D eigenvalue weighted by atomic mass is 10.0. The van der Waals surface area contributed by atoms with Crippen molar-refractivity contribution in [2.75, 3.05) is 13.2 Å². The van der Waals surface area contributed by atoms with E-state index in [0.29, 0.717) is 0 Å². The first-order valence-electron chi connectivity index (χ1n) is 12.1. The molecule has 0 spiro atoms. The first kappa shape index (κ1) is 24.6. The highest BCUT2D eigenvalue weighted by atomic mass is 16.3. The van der Waals surface area contributed by atoms with Crippen molar-refractivity contribution in [2.45, 2.75) is 90.1 Å². The molecular weight excluding hydrogens is 368 g/mol. The zero-order valence-corrected chi connectivity index (χ0v) is 19.0. The Morgan fingerprint density at radius 2 is 1.43 bits per heavy atom. The highest BCUT2D eigenvalue weighted by molar-refractivity contribution is 5.16. The number of nitrogens with zero attached hydrogens (tertiary/aromatic N) is 2. The molecule has 2 rings (SSSR count). The van der Waals surface area contributed by atoms with E-state index in [0.717, 1.165) is 25.2 Å². The molecule has 1 aromatic heterocycles. The molecule has 3 nitrogen and oxygen atoms in total. The van der Waals surface area contributed by atoms with Gasteiger partial charge in [0, 0.05) is 18.8 Å². The Labute approximate surface area is 184 Å². The van der Waals surface area contributed by atoms with Gasteiger partial charge >= 0.3 is 0 Å². The summed E-state index contributed by atoms with van der Waals surface area (Å²) >= 11 is 0. The monoisotopic (exact) mass is 410 g/mol. The van der Waals surface area contributed by atoms with Crippen LogP contribution in [0.4, 0.5) is 0 Å². The van der Waals surface area contributed by atoms with E-state index in [1.807, 2.05) is 24.4 Å². The normalized spacial score (nSPS) is 12.4. The van der Waals surface area contributed by atoms with Crippen molar-refractivity contribution in [3.8, 4) is 0 Å². The van der Waals surface area contributed by atoms with Gasteiger partial charge in [-0.05, 0) is 37.1 Å². The minimum absolute atomic E-state index is 0.132. The van der Waals surface area contributed by atoms with Crippen LogP contribution in [0.25, 0.3) is 0 Å². The van der Waals surface area contributed by atoms with Crippen molar-refractivity contribution >= 4 is 0 Å². The lowest BCUT2D eigenvalue weighted by Gasteiger charge is -2.30. The first-order chi connectivity index (χ1) is 14.8. The Morgan fingerprint density at radius 1 is 0.800 bits per heavy atom. The molecule has 0 aliphatic rings. The van der Waals surface area contributed by atoms with Gasteiger partial charge in [0.25, 0.3) is 0 Å². The van der Waals surface area contributed by atoms with Crippen molar-refractivity contribution < 1.29 is 5.11 Å². The molecule has 166 valence electrons. The zero-order chi connectivity index (χ0) is 21.3. The van der Waals surface area contributed by atoms with Crippen LogP contribution in [0.15, 0.2) is 54.7 Å². The van der Waals surface area contributed by atoms with Crippen LogP contribution in [0.5, 0.6) is 0 Å². The smallest absolute Gasteiger partial charge is 0.0590 e. The van der Waals surface area contributed by atoms with Gasteiger partial charge in [0.2, 0.25) is 0 Å². The van der Waals surface area contributed by atoms with Crippen LogP contribution < -0.4 is 0 Å². The van der Waals surface area contributed by atoms with E-state index < -0.39 is 0 Å². The molecule has 0 fully saturated rings. The van der Waals surface area contributed by atoms with E-state index in [-0.39, 0.29) is 12.6 Å². The molecule has 1 aromatic carbocycles. The second-order valence-corrected chi connectivity index (χ2v) is 8.50. The summed E-state index contributed by atoms with van der Waals surface area (Å²) in [5.41, 5.74) is 2.36. The summed E-state index contributed by atoms with van der Waals surface area (Å²) in [7, 11) is 0. The van der Waals surface area contributed by atoms with E-state index in [1.54, 1.807) is 0 Å². The summed E-state index contributed by atoms with van der Waals surface area (Å²) in [6, 6.07) is 16.7. The van der Waals surface area contributed by atoms with Crippen molar-refractivity contribution in [3.05, 3.63) is 66.0 Å². The minimum Gasteiger partial charge on any atom is -0.395 e. The fraction of sp³-hybridized carbons (Fsp3) is 0.593. The number of benzene rings is 1. The van der Waals surface area contributed by atoms with E-state index in [9.17, 15) is 5.11 Å². The van der Waals surface area contributed by atoms with Gasteiger partial charge < -0.3 is 5.11 Å². The van der Waals surface area contributed by atoms with Crippen LogP contribution in [0.1, 0.15) is 82.4 Å². The molecule has 30 heavy (non-hydrogen) atoms. The lowest BCUT2D eigenvalue weighted by molar-refractivity contribution is 0.112. The Balaban J connectivity index is 1.78. The summed E-state index contributed by atoms with van der Waals surface area (Å²) < 4.78 is 0. The van der Waals surface area contributed by atoms with Gasteiger partial charge in [-0.3, -0.25) is 9.88 Å². The summed E-state index contributed by atoms with van der Waals surface area (Å²) in [5, 5.41) is 10.1. The summed E-state index contributed by atoms with van der Waals surface area (Å²) in [5.74, 6) is 0. The maximum Gasteiger partial charge on any atom is 0.0590 e. The summed E-state index contributed by atoms with van der Waals surface area (Å²) in [6.45, 7) is 4.28. The number of pyridine rings is 1. The first-order valence-corrected chi connectivity index (χ1v) is 12.1. The maximum atomic E-state index is 10.1. The van der Waals surface area contributed by atoms with Gasteiger partial charge in [-0.25, -0.2) is 0 Å². The molecule has 0 radical (unpaired) electrons. The van der Waals surface area contributed by atoms with Gasteiger partial charge in [-0.2, -0.15) is 0 Å². The van der Waals surface area contributed by atoms with Crippen molar-refractivity contribution in [2.24, 2.45) is 0 Å². The molecule has 0 amide bonds. The summed E-state index contributed by atoms with van der Waals surface area (Å²) in [4.78, 5) is 6.95. The topological polar surface area (TPSA) is 36.4 Å². The molecule has 1 heterocycles. The molecule has 0 bridgehead atoms. The average molecular weight is 411 g/mol. The van der Waals surface area contributed by atoms with E-state index in [2.05, 4.69) is 47.1 Å². The molecule has 0 aliphatic carbocycles. The second-order valence-electron chi connectivity index (χ2n) is 8.50. The van der Waals surface area contributed by atoms with Crippen LogP contribution in [0.3, 0.4) is 0 Å². The third-order valence-electron chi connectivity index (χ3n) is 5.93. The third-order valence-corrected chi connectivity index (χ3v) is 5.93. The number of aromatic nitrogens is 1. The van der Waals surface area contributed by atoms with E-state index in [1.165, 1.54) is 69.8 Å². The highest BCUT2D eigenvalue weighted by Crippen LogP contribution is 2.15. The molecule has 1 N–H and O–H groups in total. The summed E-state index contributed by atoms with van der Waals surface area (Å²) in [6.07, 6.45) is 16.2. The van der Waals surface area contributed by atoms with E-state index >= 15 is 0 Å². The molecule has 0 saturated carbocycles. The van der Waals surface area contributed by atoms with Gasteiger partial charge in [0.05, 0.1) is 12.3 Å². The minimum atomic E-state index is 0.132. The van der Waals surface area contributed by atoms with Gasteiger partial charge in [0.15, 0.2) is 0 Å². The fourth-order valence-corrected chi connectivity index (χ4v) is 4.09. The average Bonchev–Trinajstić information content (AvgIpc) is 2.79. The van der Waals surface area contributed by atoms with Crippen molar-refractivity contribution in [3.63, 3.8) is 0 Å². The number of hydrogen-bond acceptors (Lipinski definition) is 3. The van der Waals surface area contributed by atoms with Crippen LogP contribution in [0, 0.1) is 0 Å². The largest absolute Gasteiger partial charge is 0.395 e.